The number of aryl methyl sites for hydroxylation is 1. The van der Waals surface area contributed by atoms with Gasteiger partial charge in [0.05, 0.1) is 24.0 Å². The highest BCUT2D eigenvalue weighted by Crippen LogP contribution is 2.34. The molecule has 1 atom stereocenters. The van der Waals surface area contributed by atoms with Crippen LogP contribution in [0.1, 0.15) is 52.0 Å². The van der Waals surface area contributed by atoms with E-state index in [0.717, 1.165) is 12.8 Å². The number of ether oxygens (including phenoxy) is 1. The number of aromatic nitrogens is 3. The Kier molecular flexibility index (Phi) is 6.77. The maximum absolute atomic E-state index is 13.2. The zero-order chi connectivity index (χ0) is 23.5. The van der Waals surface area contributed by atoms with E-state index in [9.17, 15) is 31.5 Å². The molecule has 2 aromatic heterocycles. The van der Waals surface area contributed by atoms with Crippen molar-refractivity contribution >= 4 is 17.5 Å². The van der Waals surface area contributed by atoms with E-state index in [4.69, 9.17) is 4.74 Å². The minimum Gasteiger partial charge on any atom is -0.357 e. The molecule has 3 rings (SSSR count). The average Bonchev–Trinajstić information content (AvgIpc) is 3.16. The summed E-state index contributed by atoms with van der Waals surface area (Å²) in [5, 5.41) is 7.94. The Morgan fingerprint density at radius 3 is 2.53 bits per heavy atom. The fraction of sp³-hybridized carbons (Fsp3) is 0.474. The molecule has 1 saturated heterocycles. The Bertz CT molecular complexity index is 969. The summed E-state index contributed by atoms with van der Waals surface area (Å²) in [5.74, 6) is -7.11. The first-order valence-electron chi connectivity index (χ1n) is 9.65. The molecule has 3 heterocycles. The first kappa shape index (κ1) is 23.6. The fourth-order valence-electron chi connectivity index (χ4n) is 2.90. The second kappa shape index (κ2) is 9.18. The normalized spacial score (nSPS) is 17.1. The topological polar surface area (TPSA) is 98.1 Å². The summed E-state index contributed by atoms with van der Waals surface area (Å²) in [7, 11) is 0. The van der Waals surface area contributed by atoms with E-state index in [-0.39, 0.29) is 11.3 Å². The Morgan fingerprint density at radius 2 is 1.94 bits per heavy atom. The standard InChI is InChI=1S/C19H20F5N5O3/c1-11-5-6-12(8-25-11)16(30)27-13-9-29(14-4-2-3-7-32-14)28-15(13)17(31)26-10-18(20,21)19(22,23)24/h5-6,8-9,14H,2-4,7,10H2,1H3,(H,26,31)(H,27,30). The second-order valence-electron chi connectivity index (χ2n) is 7.22. The van der Waals surface area contributed by atoms with Gasteiger partial charge in [0, 0.05) is 18.5 Å². The minimum atomic E-state index is -5.83. The van der Waals surface area contributed by atoms with Crippen molar-refractivity contribution < 1.29 is 36.3 Å². The molecule has 2 N–H and O–H groups in total. The van der Waals surface area contributed by atoms with Crippen molar-refractivity contribution in [3.63, 3.8) is 0 Å². The van der Waals surface area contributed by atoms with Crippen molar-refractivity contribution in [2.24, 2.45) is 0 Å². The largest absolute Gasteiger partial charge is 0.455 e. The molecule has 0 aliphatic carbocycles. The Labute approximate surface area is 179 Å². The lowest BCUT2D eigenvalue weighted by Crippen LogP contribution is -2.47. The highest BCUT2D eigenvalue weighted by Gasteiger charge is 2.57. The zero-order valence-corrected chi connectivity index (χ0v) is 16.9. The molecule has 1 fully saturated rings. The van der Waals surface area contributed by atoms with E-state index < -0.39 is 42.4 Å². The predicted molar refractivity (Wildman–Crippen MR) is 101 cm³/mol. The molecule has 0 radical (unpaired) electrons. The number of pyridine rings is 1. The van der Waals surface area contributed by atoms with Crippen LogP contribution in [0, 0.1) is 6.92 Å². The van der Waals surface area contributed by atoms with Gasteiger partial charge >= 0.3 is 12.1 Å². The van der Waals surface area contributed by atoms with E-state index in [1.807, 2.05) is 0 Å². The lowest BCUT2D eigenvalue weighted by atomic mass is 10.2. The van der Waals surface area contributed by atoms with E-state index in [2.05, 4.69) is 15.4 Å². The number of nitrogens with zero attached hydrogens (tertiary/aromatic N) is 3. The molecule has 0 saturated carbocycles. The van der Waals surface area contributed by atoms with Crippen LogP contribution in [0.4, 0.5) is 27.6 Å². The van der Waals surface area contributed by atoms with Crippen LogP contribution in [0.5, 0.6) is 0 Å². The van der Waals surface area contributed by atoms with E-state index in [0.29, 0.717) is 18.7 Å². The van der Waals surface area contributed by atoms with Gasteiger partial charge in [-0.2, -0.15) is 27.1 Å². The summed E-state index contributed by atoms with van der Waals surface area (Å²) in [5.41, 5.74) is 0.116. The van der Waals surface area contributed by atoms with Crippen molar-refractivity contribution in [3.05, 3.63) is 41.5 Å². The highest BCUT2D eigenvalue weighted by molar-refractivity contribution is 6.08. The molecule has 0 spiro atoms. The number of alkyl halides is 5. The van der Waals surface area contributed by atoms with Crippen molar-refractivity contribution in [1.82, 2.24) is 20.1 Å². The molecule has 32 heavy (non-hydrogen) atoms. The van der Waals surface area contributed by atoms with E-state index in [1.165, 1.54) is 28.5 Å². The molecule has 0 bridgehead atoms. The number of anilines is 1. The summed E-state index contributed by atoms with van der Waals surface area (Å²) in [4.78, 5) is 28.9. The van der Waals surface area contributed by atoms with Crippen LogP contribution in [0.2, 0.25) is 0 Å². The summed E-state index contributed by atoms with van der Waals surface area (Å²) < 4.78 is 70.4. The SMILES string of the molecule is Cc1ccc(C(=O)Nc2cn(C3CCCCO3)nc2C(=O)NCC(F)(F)C(F)(F)F)cn1. The van der Waals surface area contributed by atoms with Crippen molar-refractivity contribution in [1.29, 1.82) is 0 Å². The molecule has 2 amide bonds. The van der Waals surface area contributed by atoms with Crippen LogP contribution < -0.4 is 10.6 Å². The molecule has 1 aliphatic heterocycles. The molecular formula is C19H20F5N5O3. The monoisotopic (exact) mass is 461 g/mol. The average molecular weight is 461 g/mol. The minimum absolute atomic E-state index is 0.146. The van der Waals surface area contributed by atoms with Gasteiger partial charge in [0.25, 0.3) is 11.8 Å². The number of halogens is 5. The van der Waals surface area contributed by atoms with Crippen LogP contribution in [0.3, 0.4) is 0 Å². The van der Waals surface area contributed by atoms with Gasteiger partial charge in [0.2, 0.25) is 0 Å². The van der Waals surface area contributed by atoms with Crippen molar-refractivity contribution in [2.45, 2.75) is 44.5 Å². The molecular weight excluding hydrogens is 441 g/mol. The third-order valence-corrected chi connectivity index (χ3v) is 4.71. The van der Waals surface area contributed by atoms with Crippen LogP contribution in [0.25, 0.3) is 0 Å². The van der Waals surface area contributed by atoms with Gasteiger partial charge in [0.15, 0.2) is 5.69 Å². The molecule has 8 nitrogen and oxygen atoms in total. The number of hydrogen-bond donors (Lipinski definition) is 2. The maximum atomic E-state index is 13.2. The summed E-state index contributed by atoms with van der Waals surface area (Å²) in [6.07, 6.45) is -1.66. The van der Waals surface area contributed by atoms with Gasteiger partial charge < -0.3 is 15.4 Å². The van der Waals surface area contributed by atoms with Gasteiger partial charge in [-0.25, -0.2) is 4.68 Å². The Hall–Kier alpha value is -3.09. The number of hydrogen-bond acceptors (Lipinski definition) is 5. The van der Waals surface area contributed by atoms with Crippen LogP contribution in [-0.2, 0) is 4.74 Å². The van der Waals surface area contributed by atoms with Crippen molar-refractivity contribution in [3.8, 4) is 0 Å². The molecule has 1 aliphatic rings. The van der Waals surface area contributed by atoms with Gasteiger partial charge in [-0.3, -0.25) is 14.6 Å². The van der Waals surface area contributed by atoms with Gasteiger partial charge in [0.1, 0.15) is 6.23 Å². The molecule has 2 aromatic rings. The first-order chi connectivity index (χ1) is 15.0. The molecule has 174 valence electrons. The predicted octanol–water partition coefficient (Wildman–Crippen LogP) is 3.47. The number of carbonyl (C=O) groups is 2. The third kappa shape index (κ3) is 5.39. The smallest absolute Gasteiger partial charge is 0.357 e. The van der Waals surface area contributed by atoms with Crippen LogP contribution in [-0.4, -0.2) is 51.8 Å². The maximum Gasteiger partial charge on any atom is 0.455 e. The van der Waals surface area contributed by atoms with E-state index >= 15 is 0 Å². The molecule has 0 aromatic carbocycles. The first-order valence-corrected chi connectivity index (χ1v) is 9.65. The van der Waals surface area contributed by atoms with Gasteiger partial charge in [-0.05, 0) is 38.3 Å². The van der Waals surface area contributed by atoms with E-state index in [1.54, 1.807) is 13.0 Å². The lowest BCUT2D eigenvalue weighted by molar-refractivity contribution is -0.278. The number of nitrogens with one attached hydrogen (secondary N) is 2. The van der Waals surface area contributed by atoms with Gasteiger partial charge in [-0.1, -0.05) is 0 Å². The Balaban J connectivity index is 1.83. The molecule has 13 heteroatoms. The third-order valence-electron chi connectivity index (χ3n) is 4.71. The Morgan fingerprint density at radius 1 is 1.19 bits per heavy atom. The van der Waals surface area contributed by atoms with Crippen molar-refractivity contribution in [2.75, 3.05) is 18.5 Å². The van der Waals surface area contributed by atoms with Crippen LogP contribution >= 0.6 is 0 Å². The summed E-state index contributed by atoms with van der Waals surface area (Å²) in [6, 6.07) is 3.07. The quantitative estimate of drug-likeness (QED) is 0.642. The second-order valence-corrected chi connectivity index (χ2v) is 7.22. The van der Waals surface area contributed by atoms with Gasteiger partial charge in [-0.15, -0.1) is 0 Å². The number of rotatable bonds is 6. The van der Waals surface area contributed by atoms with Crippen LogP contribution in [0.15, 0.2) is 24.5 Å². The number of amides is 2. The highest BCUT2D eigenvalue weighted by atomic mass is 19.4. The summed E-state index contributed by atoms with van der Waals surface area (Å²) >= 11 is 0. The fourth-order valence-corrected chi connectivity index (χ4v) is 2.90. The lowest BCUT2D eigenvalue weighted by Gasteiger charge is -2.22. The molecule has 1 unspecified atom stereocenters. The zero-order valence-electron chi connectivity index (χ0n) is 16.9. The summed E-state index contributed by atoms with van der Waals surface area (Å²) in [6.45, 7) is 0.174. The number of carbonyl (C=O) groups excluding carboxylic acids is 2.